The summed E-state index contributed by atoms with van der Waals surface area (Å²) in [6, 6.07) is 27.8. The number of carbonyl (C=O) groups is 5. The van der Waals surface area contributed by atoms with Gasteiger partial charge in [0, 0.05) is 36.3 Å². The van der Waals surface area contributed by atoms with Crippen LogP contribution in [0.5, 0.6) is 0 Å². The molecule has 4 atom stereocenters. The topological polar surface area (TPSA) is 163 Å². The van der Waals surface area contributed by atoms with Crippen LogP contribution in [0.3, 0.4) is 0 Å². The quantitative estimate of drug-likeness (QED) is 0.113. The van der Waals surface area contributed by atoms with Crippen molar-refractivity contribution in [3.63, 3.8) is 0 Å². The molecule has 7 rings (SSSR count). The third kappa shape index (κ3) is 9.77. The van der Waals surface area contributed by atoms with Crippen LogP contribution in [-0.2, 0) is 19.1 Å². The van der Waals surface area contributed by atoms with Gasteiger partial charge in [0.15, 0.2) is 5.78 Å². The largest absolute Gasteiger partial charge is 0.453 e. The van der Waals surface area contributed by atoms with E-state index in [0.29, 0.717) is 30.9 Å². The summed E-state index contributed by atoms with van der Waals surface area (Å²) in [6.07, 6.45) is 2.70. The molecule has 4 amide bonds. The molecule has 61 heavy (non-hydrogen) atoms. The molecule has 13 heteroatoms. The van der Waals surface area contributed by atoms with Gasteiger partial charge in [0.2, 0.25) is 11.8 Å². The lowest BCUT2D eigenvalue weighted by Gasteiger charge is -2.29. The molecule has 0 unspecified atom stereocenters. The summed E-state index contributed by atoms with van der Waals surface area (Å²) in [5, 5.41) is 7.54. The summed E-state index contributed by atoms with van der Waals surface area (Å²) in [5.74, 6) is -0.232. The van der Waals surface area contributed by atoms with E-state index >= 15 is 0 Å². The van der Waals surface area contributed by atoms with E-state index in [1.165, 1.54) is 12.0 Å². The zero-order valence-corrected chi connectivity index (χ0v) is 35.6. The minimum Gasteiger partial charge on any atom is -0.453 e. The second kappa shape index (κ2) is 18.0. The number of nitrogens with one attached hydrogen (secondary N) is 3. The molecule has 2 saturated heterocycles. The number of aromatic amines is 1. The number of rotatable bonds is 11. The summed E-state index contributed by atoms with van der Waals surface area (Å²) in [6.45, 7) is 9.88. The number of imidazole rings is 1. The Kier molecular flexibility index (Phi) is 12.6. The van der Waals surface area contributed by atoms with Gasteiger partial charge >= 0.3 is 12.2 Å². The van der Waals surface area contributed by atoms with Gasteiger partial charge in [-0.1, -0.05) is 92.7 Å². The Hall–Kier alpha value is -6.50. The number of carbonyl (C=O) groups excluding carboxylic acids is 5. The number of nitrogens with zero attached hydrogens (tertiary/aromatic N) is 3. The number of methoxy groups -OCH3 is 1. The van der Waals surface area contributed by atoms with Crippen LogP contribution in [0.15, 0.2) is 97.2 Å². The summed E-state index contributed by atoms with van der Waals surface area (Å²) >= 11 is 0. The Morgan fingerprint density at radius 2 is 1.54 bits per heavy atom. The molecular weight excluding hydrogens is 773 g/mol. The number of Topliss-reactive ketones (excluding diaryl/α,β-unsaturated/α-hetero) is 1. The van der Waals surface area contributed by atoms with E-state index in [1.54, 1.807) is 37.8 Å². The van der Waals surface area contributed by atoms with Gasteiger partial charge in [0.05, 0.1) is 25.4 Å². The molecule has 2 aliphatic rings. The highest BCUT2D eigenvalue weighted by Gasteiger charge is 2.42. The predicted molar refractivity (Wildman–Crippen MR) is 233 cm³/mol. The van der Waals surface area contributed by atoms with Gasteiger partial charge in [-0.15, -0.1) is 0 Å². The number of ketones is 1. The van der Waals surface area contributed by atoms with Gasteiger partial charge in [0.1, 0.15) is 23.5 Å². The minimum atomic E-state index is -0.766. The van der Waals surface area contributed by atoms with Crippen LogP contribution in [0, 0.1) is 5.92 Å². The molecule has 0 radical (unpaired) electrons. The summed E-state index contributed by atoms with van der Waals surface area (Å²) < 4.78 is 10.4. The third-order valence-electron chi connectivity index (χ3n) is 11.4. The zero-order chi connectivity index (χ0) is 43.4. The average Bonchev–Trinajstić information content (AvgIpc) is 4.04. The number of hydrogen-bond acceptors (Lipinski definition) is 8. The van der Waals surface area contributed by atoms with Crippen molar-refractivity contribution < 1.29 is 33.4 Å². The van der Waals surface area contributed by atoms with Crippen LogP contribution in [-0.4, -0.2) is 94.0 Å². The highest BCUT2D eigenvalue weighted by molar-refractivity contribution is 6.00. The first-order chi connectivity index (χ1) is 29.2. The first-order valence-electron chi connectivity index (χ1n) is 20.9. The zero-order valence-electron chi connectivity index (χ0n) is 35.6. The fourth-order valence-electron chi connectivity index (χ4n) is 8.24. The lowest BCUT2D eigenvalue weighted by Crippen LogP contribution is -2.51. The van der Waals surface area contributed by atoms with Crippen molar-refractivity contribution in [2.75, 3.05) is 26.7 Å². The second-order valence-corrected chi connectivity index (χ2v) is 17.2. The van der Waals surface area contributed by atoms with Crippen molar-refractivity contribution in [2.45, 2.75) is 83.5 Å². The predicted octanol–water partition coefficient (Wildman–Crippen LogP) is 8.03. The Morgan fingerprint density at radius 3 is 2.21 bits per heavy atom. The molecule has 5 aromatic rings. The molecule has 0 aliphatic carbocycles. The first kappa shape index (κ1) is 42.6. The van der Waals surface area contributed by atoms with E-state index in [9.17, 15) is 24.0 Å². The van der Waals surface area contributed by atoms with Gasteiger partial charge in [0.25, 0.3) is 0 Å². The van der Waals surface area contributed by atoms with Gasteiger partial charge < -0.3 is 30.0 Å². The highest BCUT2D eigenvalue weighted by atomic mass is 16.6. The number of alkyl carbamates (subject to hydrolysis) is 1. The number of fused-ring (bicyclic) bond motifs is 1. The molecule has 4 aromatic carbocycles. The van der Waals surface area contributed by atoms with Crippen LogP contribution in [0.2, 0.25) is 0 Å². The number of H-pyrrole nitrogens is 1. The van der Waals surface area contributed by atoms with E-state index in [0.717, 1.165) is 51.6 Å². The number of ether oxygens (including phenoxy) is 2. The van der Waals surface area contributed by atoms with Crippen LogP contribution in [0.4, 0.5) is 9.59 Å². The van der Waals surface area contributed by atoms with Gasteiger partial charge in [-0.25, -0.2) is 14.6 Å². The summed E-state index contributed by atoms with van der Waals surface area (Å²) in [7, 11) is 1.28. The van der Waals surface area contributed by atoms with Crippen LogP contribution in [0.1, 0.15) is 87.6 Å². The maximum atomic E-state index is 13.6. The van der Waals surface area contributed by atoms with Gasteiger partial charge in [-0.3, -0.25) is 19.3 Å². The lowest BCUT2D eigenvalue weighted by molar-refractivity contribution is -0.135. The normalized spacial score (nSPS) is 18.2. The number of amides is 4. The molecule has 1 aromatic heterocycles. The van der Waals surface area contributed by atoms with Crippen molar-refractivity contribution >= 4 is 40.6 Å². The highest BCUT2D eigenvalue weighted by Crippen LogP contribution is 2.35. The molecule has 0 spiro atoms. The van der Waals surface area contributed by atoms with Crippen molar-refractivity contribution in [1.29, 1.82) is 0 Å². The second-order valence-electron chi connectivity index (χ2n) is 17.2. The smallest absolute Gasteiger partial charge is 0.410 e. The SMILES string of the molecule is COC(=O)N[C@H](C(=O)N1CCC[C@H]1c1nc(-c2ccc3cc(-c4ccc(C(=O)CNC(=O)[C@@H]5C[C@@H](c6ccccc6)CN5C(=O)OC(C)(C)C)cc4)ccc3c2)c[nH]1)C(C)C. The summed E-state index contributed by atoms with van der Waals surface area (Å²) in [5.41, 5.74) is 4.41. The maximum absolute atomic E-state index is 13.6. The fraction of sp³-hybridized carbons (Fsp3) is 0.375. The number of benzene rings is 4. The van der Waals surface area contributed by atoms with Crippen LogP contribution in [0.25, 0.3) is 33.2 Å². The molecular formula is C48H54N6O7. The third-order valence-corrected chi connectivity index (χ3v) is 11.4. The Balaban J connectivity index is 0.982. The lowest BCUT2D eigenvalue weighted by atomic mass is 9.96. The molecule has 3 N–H and O–H groups in total. The number of aromatic nitrogens is 2. The Morgan fingerprint density at radius 1 is 0.869 bits per heavy atom. The van der Waals surface area contributed by atoms with E-state index in [-0.39, 0.29) is 42.0 Å². The van der Waals surface area contributed by atoms with Crippen LogP contribution < -0.4 is 10.6 Å². The van der Waals surface area contributed by atoms with Crippen molar-refractivity contribution in [1.82, 2.24) is 30.4 Å². The monoisotopic (exact) mass is 826 g/mol. The Bertz CT molecular complexity index is 2400. The van der Waals surface area contributed by atoms with Crippen molar-refractivity contribution in [2.24, 2.45) is 5.92 Å². The van der Waals surface area contributed by atoms with Crippen LogP contribution >= 0.6 is 0 Å². The fourth-order valence-corrected chi connectivity index (χ4v) is 8.24. The average molecular weight is 827 g/mol. The molecule has 0 bridgehead atoms. The van der Waals surface area contributed by atoms with Crippen molar-refractivity contribution in [3.05, 3.63) is 114 Å². The molecule has 13 nitrogen and oxygen atoms in total. The first-order valence-corrected chi connectivity index (χ1v) is 20.9. The van der Waals surface area contributed by atoms with E-state index in [2.05, 4.69) is 39.9 Å². The maximum Gasteiger partial charge on any atom is 0.410 e. The van der Waals surface area contributed by atoms with Gasteiger partial charge in [-0.05, 0) is 85.5 Å². The standard InChI is InChI=1S/C48H54N6O7/c1-29(2)42(52-46(58)60-6)45(57)53-22-10-13-39(53)43-49-26-38(51-43)36-21-20-34-23-33(18-19-35(34)24-36)31-14-16-32(17-15-31)41(55)27-50-44(56)40-25-37(30-11-8-7-9-12-30)28-54(40)47(59)61-48(3,4)5/h7-9,11-12,14-21,23-24,26,29,37,39-40,42H,10,13,22,25,27-28H2,1-6H3,(H,49,51)(H,50,56)(H,52,58)/t37-,39+,40+,42+/m1/s1. The van der Waals surface area contributed by atoms with Gasteiger partial charge in [-0.2, -0.15) is 0 Å². The molecule has 2 aliphatic heterocycles. The molecule has 0 saturated carbocycles. The molecule has 3 heterocycles. The summed E-state index contributed by atoms with van der Waals surface area (Å²) in [4.78, 5) is 77.0. The van der Waals surface area contributed by atoms with E-state index in [4.69, 9.17) is 14.5 Å². The van der Waals surface area contributed by atoms with Crippen molar-refractivity contribution in [3.8, 4) is 22.4 Å². The van der Waals surface area contributed by atoms with E-state index in [1.807, 2.05) is 74.6 Å². The number of likely N-dealkylation sites (tertiary alicyclic amines) is 2. The van der Waals surface area contributed by atoms with E-state index < -0.39 is 29.9 Å². The molecule has 2 fully saturated rings. The number of hydrogen-bond donors (Lipinski definition) is 3. The Labute approximate surface area is 356 Å². The molecule has 318 valence electrons. The minimum absolute atomic E-state index is 0.0362.